The lowest BCUT2D eigenvalue weighted by atomic mass is 10.1. The van der Waals surface area contributed by atoms with Crippen LogP contribution in [0, 0.1) is 0 Å². The summed E-state index contributed by atoms with van der Waals surface area (Å²) in [6, 6.07) is 5.57. The van der Waals surface area contributed by atoms with E-state index < -0.39 is 5.97 Å². The summed E-state index contributed by atoms with van der Waals surface area (Å²) in [5, 5.41) is 8.69. The van der Waals surface area contributed by atoms with Crippen molar-refractivity contribution >= 4 is 17.3 Å². The molecule has 5 nitrogen and oxygen atoms in total. The number of nitrogens with two attached hydrogens (primary N) is 1. The Bertz CT molecular complexity index is 434. The summed E-state index contributed by atoms with van der Waals surface area (Å²) < 4.78 is 5.60. The molecule has 3 N–H and O–H groups in total. The molecule has 92 valence electrons. The number of anilines is 2. The van der Waals surface area contributed by atoms with Gasteiger partial charge in [-0.15, -0.1) is 0 Å². The molecular weight excluding hydrogens is 220 g/mol. The van der Waals surface area contributed by atoms with E-state index in [0.717, 1.165) is 11.4 Å². The number of ether oxygens (including phenoxy) is 1. The van der Waals surface area contributed by atoms with E-state index in [9.17, 15) is 4.79 Å². The third-order valence-electron chi connectivity index (χ3n) is 3.03. The molecule has 2 rings (SSSR count). The first-order valence-electron chi connectivity index (χ1n) is 5.55. The largest absolute Gasteiger partial charge is 0.489 e. The van der Waals surface area contributed by atoms with Crippen molar-refractivity contribution in [2.45, 2.75) is 18.9 Å². The fourth-order valence-electron chi connectivity index (χ4n) is 1.99. The van der Waals surface area contributed by atoms with E-state index in [-0.39, 0.29) is 12.5 Å². The van der Waals surface area contributed by atoms with Gasteiger partial charge in [0.1, 0.15) is 12.4 Å². The first kappa shape index (κ1) is 11.6. The number of fused-ring (bicyclic) bond motifs is 1. The molecule has 1 unspecified atom stereocenters. The number of nitrogen functional groups attached to an aromatic ring is 1. The van der Waals surface area contributed by atoms with Crippen LogP contribution in [0.5, 0.6) is 5.75 Å². The lowest BCUT2D eigenvalue weighted by molar-refractivity contribution is -0.137. The summed E-state index contributed by atoms with van der Waals surface area (Å²) in [7, 11) is 1.94. The highest BCUT2D eigenvalue weighted by atomic mass is 16.5. The molecule has 0 fully saturated rings. The van der Waals surface area contributed by atoms with Gasteiger partial charge >= 0.3 is 5.97 Å². The molecule has 0 bridgehead atoms. The summed E-state index contributed by atoms with van der Waals surface area (Å²) in [6.07, 6.45) is 0.718. The summed E-state index contributed by atoms with van der Waals surface area (Å²) in [6.45, 7) is 0.515. The van der Waals surface area contributed by atoms with Crippen molar-refractivity contribution in [1.29, 1.82) is 0 Å². The molecule has 0 spiro atoms. The van der Waals surface area contributed by atoms with Crippen molar-refractivity contribution in [3.05, 3.63) is 18.2 Å². The molecule has 0 radical (unpaired) electrons. The minimum atomic E-state index is -0.781. The Kier molecular flexibility index (Phi) is 3.08. The van der Waals surface area contributed by atoms with Gasteiger partial charge in [-0.25, -0.2) is 0 Å². The molecule has 1 aromatic rings. The number of carbonyl (C=O) groups is 1. The van der Waals surface area contributed by atoms with Crippen molar-refractivity contribution in [2.75, 3.05) is 24.3 Å². The molecule has 5 heteroatoms. The molecule has 0 saturated heterocycles. The SMILES string of the molecule is CN1c2cc(N)ccc2OCC1CCC(=O)O. The van der Waals surface area contributed by atoms with Gasteiger partial charge in [-0.05, 0) is 24.6 Å². The summed E-state index contributed by atoms with van der Waals surface area (Å²) in [4.78, 5) is 12.6. The van der Waals surface area contributed by atoms with Crippen molar-refractivity contribution in [3.8, 4) is 5.75 Å². The molecule has 17 heavy (non-hydrogen) atoms. The lowest BCUT2D eigenvalue weighted by Gasteiger charge is -2.35. The number of likely N-dealkylation sites (N-methyl/N-ethyl adjacent to an activating group) is 1. The minimum Gasteiger partial charge on any atom is -0.489 e. The molecule has 0 aliphatic carbocycles. The molecule has 1 aliphatic rings. The molecule has 0 amide bonds. The third-order valence-corrected chi connectivity index (χ3v) is 3.03. The van der Waals surface area contributed by atoms with Crippen LogP contribution in [-0.2, 0) is 4.79 Å². The predicted octanol–water partition coefficient (Wildman–Crippen LogP) is 1.33. The standard InChI is InChI=1S/C12H16N2O3/c1-14-9(3-5-12(15)16)7-17-11-4-2-8(13)6-10(11)14/h2,4,6,9H,3,5,7,13H2,1H3,(H,15,16). The average molecular weight is 236 g/mol. The first-order valence-corrected chi connectivity index (χ1v) is 5.55. The van der Waals surface area contributed by atoms with Crippen molar-refractivity contribution in [3.63, 3.8) is 0 Å². The molecule has 0 saturated carbocycles. The number of aliphatic carboxylic acids is 1. The number of carboxylic acids is 1. The fourth-order valence-corrected chi connectivity index (χ4v) is 1.99. The Morgan fingerprint density at radius 2 is 2.41 bits per heavy atom. The van der Waals surface area contributed by atoms with E-state index in [2.05, 4.69) is 0 Å². The van der Waals surface area contributed by atoms with Gasteiger partial charge in [-0.3, -0.25) is 4.79 Å². The van der Waals surface area contributed by atoms with E-state index >= 15 is 0 Å². The van der Waals surface area contributed by atoms with Crippen molar-refractivity contribution in [2.24, 2.45) is 0 Å². The monoisotopic (exact) mass is 236 g/mol. The van der Waals surface area contributed by atoms with Gasteiger partial charge in [0.25, 0.3) is 0 Å². The van der Waals surface area contributed by atoms with Crippen LogP contribution in [-0.4, -0.2) is 30.8 Å². The van der Waals surface area contributed by atoms with Crippen LogP contribution in [0.25, 0.3) is 0 Å². The maximum atomic E-state index is 10.6. The molecule has 1 heterocycles. The average Bonchev–Trinajstić information content (AvgIpc) is 2.29. The summed E-state index contributed by atoms with van der Waals surface area (Å²) in [5.74, 6) is 0.0186. The van der Waals surface area contributed by atoms with Crippen LogP contribution in [0.4, 0.5) is 11.4 Å². The highest BCUT2D eigenvalue weighted by molar-refractivity contribution is 5.68. The Morgan fingerprint density at radius 1 is 1.65 bits per heavy atom. The molecule has 0 aromatic heterocycles. The van der Waals surface area contributed by atoms with Crippen molar-refractivity contribution < 1.29 is 14.6 Å². The number of nitrogens with zero attached hydrogens (tertiary/aromatic N) is 1. The topological polar surface area (TPSA) is 75.8 Å². The van der Waals surface area contributed by atoms with Gasteiger partial charge in [-0.2, -0.15) is 0 Å². The van der Waals surface area contributed by atoms with Crippen LogP contribution in [0.15, 0.2) is 18.2 Å². The summed E-state index contributed by atoms with van der Waals surface area (Å²) >= 11 is 0. The zero-order valence-electron chi connectivity index (χ0n) is 9.72. The van der Waals surface area contributed by atoms with Crippen LogP contribution in [0.1, 0.15) is 12.8 Å². The normalized spacial score (nSPS) is 18.4. The fraction of sp³-hybridized carbons (Fsp3) is 0.417. The van der Waals surface area contributed by atoms with Crippen molar-refractivity contribution in [1.82, 2.24) is 0 Å². The highest BCUT2D eigenvalue weighted by Crippen LogP contribution is 2.35. The Balaban J connectivity index is 2.14. The second-order valence-corrected chi connectivity index (χ2v) is 4.24. The maximum Gasteiger partial charge on any atom is 0.303 e. The van der Waals surface area contributed by atoms with Crippen LogP contribution in [0.3, 0.4) is 0 Å². The summed E-state index contributed by atoms with van der Waals surface area (Å²) in [5.41, 5.74) is 7.34. The number of benzene rings is 1. The van der Waals surface area contributed by atoms with Gasteiger partial charge in [0.05, 0.1) is 11.7 Å². The van der Waals surface area contributed by atoms with Crippen LogP contribution < -0.4 is 15.4 Å². The number of carboxylic acid groups (broad SMARTS) is 1. The van der Waals surface area contributed by atoms with Gasteiger partial charge in [0.2, 0.25) is 0 Å². The van der Waals surface area contributed by atoms with Crippen LogP contribution in [0.2, 0.25) is 0 Å². The first-order chi connectivity index (χ1) is 8.08. The second kappa shape index (κ2) is 4.53. The zero-order valence-corrected chi connectivity index (χ0v) is 9.72. The third kappa shape index (κ3) is 2.43. The van der Waals surface area contributed by atoms with E-state index in [0.29, 0.717) is 18.7 Å². The quantitative estimate of drug-likeness (QED) is 0.774. The van der Waals surface area contributed by atoms with E-state index in [1.165, 1.54) is 0 Å². The number of hydrogen-bond donors (Lipinski definition) is 2. The van der Waals surface area contributed by atoms with Gasteiger partial charge < -0.3 is 20.5 Å². The maximum absolute atomic E-state index is 10.6. The molecule has 1 atom stereocenters. The Hall–Kier alpha value is -1.91. The highest BCUT2D eigenvalue weighted by Gasteiger charge is 2.25. The lowest BCUT2D eigenvalue weighted by Crippen LogP contribution is -2.40. The number of rotatable bonds is 3. The van der Waals surface area contributed by atoms with Gasteiger partial charge in [0, 0.05) is 19.2 Å². The Labute approximate surface area is 99.8 Å². The molecule has 1 aliphatic heterocycles. The molecule has 1 aromatic carbocycles. The zero-order chi connectivity index (χ0) is 12.4. The minimum absolute atomic E-state index is 0.0837. The van der Waals surface area contributed by atoms with E-state index in [1.807, 2.05) is 24.1 Å². The molecular formula is C12H16N2O3. The smallest absolute Gasteiger partial charge is 0.303 e. The van der Waals surface area contributed by atoms with E-state index in [1.54, 1.807) is 6.07 Å². The van der Waals surface area contributed by atoms with Gasteiger partial charge in [0.15, 0.2) is 0 Å². The van der Waals surface area contributed by atoms with Gasteiger partial charge in [-0.1, -0.05) is 0 Å². The Morgan fingerprint density at radius 3 is 3.12 bits per heavy atom. The number of hydrogen-bond acceptors (Lipinski definition) is 4. The van der Waals surface area contributed by atoms with Crippen LogP contribution >= 0.6 is 0 Å². The predicted molar refractivity (Wildman–Crippen MR) is 65.4 cm³/mol. The van der Waals surface area contributed by atoms with E-state index in [4.69, 9.17) is 15.6 Å². The second-order valence-electron chi connectivity index (χ2n) is 4.24.